The lowest BCUT2D eigenvalue weighted by molar-refractivity contribution is 0.194. The number of sulfonamides is 1. The molecule has 2 aliphatic heterocycles. The van der Waals surface area contributed by atoms with Gasteiger partial charge in [-0.15, -0.1) is 11.3 Å². The summed E-state index contributed by atoms with van der Waals surface area (Å²) >= 11 is 1.15. The van der Waals surface area contributed by atoms with Gasteiger partial charge < -0.3 is 19.1 Å². The van der Waals surface area contributed by atoms with Crippen molar-refractivity contribution in [1.82, 2.24) is 9.88 Å². The number of nitrogens with zero attached hydrogens (tertiary/aromatic N) is 4. The molecule has 2 fully saturated rings. The van der Waals surface area contributed by atoms with Gasteiger partial charge in [-0.2, -0.15) is 0 Å². The summed E-state index contributed by atoms with van der Waals surface area (Å²) in [7, 11) is 2.28. The molecule has 0 bridgehead atoms. The zero-order valence-electron chi connectivity index (χ0n) is 27.7. The molecule has 0 unspecified atom stereocenters. The second kappa shape index (κ2) is 13.8. The van der Waals surface area contributed by atoms with Gasteiger partial charge in [-0.1, -0.05) is 24.8 Å². The molecular weight excluding hydrogens is 652 g/mol. The number of rotatable bonds is 13. The standard InChI is InChI=1S/C36H41FN4O5S2/c1-6-27-19-34(48(42,43)41(35-38-15-17-47-35)24-28-10-13-30(45-4)20-33(28)46-5)31(37)21-32(27)39(2)36-14-7-16-40(36)23-26(22-36)18-25-8-11-29(44-3)12-9-25/h6,8-13,15,17,19-21,26H,1,7,14,16,18,22-24H2,2-5H3/t26-,36-/m0/s1. The fraction of sp³-hybridized carbons (Fsp3) is 0.361. The number of thiazole rings is 1. The van der Waals surface area contributed by atoms with E-state index in [2.05, 4.69) is 33.5 Å². The minimum atomic E-state index is -4.42. The highest BCUT2D eigenvalue weighted by molar-refractivity contribution is 7.93. The normalized spacial score (nSPS) is 19.1. The van der Waals surface area contributed by atoms with E-state index in [9.17, 15) is 8.42 Å². The van der Waals surface area contributed by atoms with Crippen molar-refractivity contribution in [1.29, 1.82) is 0 Å². The first-order valence-corrected chi connectivity index (χ1v) is 18.2. The molecule has 2 saturated heterocycles. The molecule has 0 radical (unpaired) electrons. The molecule has 0 spiro atoms. The van der Waals surface area contributed by atoms with Gasteiger partial charge in [-0.3, -0.25) is 4.90 Å². The second-order valence-corrected chi connectivity index (χ2v) is 15.0. The van der Waals surface area contributed by atoms with E-state index in [-0.39, 0.29) is 17.3 Å². The fourth-order valence-electron chi connectivity index (χ4n) is 7.28. The smallest absolute Gasteiger partial charge is 0.269 e. The molecule has 0 amide bonds. The van der Waals surface area contributed by atoms with Gasteiger partial charge in [0.1, 0.15) is 28.0 Å². The Kier molecular flexibility index (Phi) is 9.69. The van der Waals surface area contributed by atoms with E-state index >= 15 is 4.39 Å². The van der Waals surface area contributed by atoms with Gasteiger partial charge in [0.15, 0.2) is 5.13 Å². The number of hydrogen-bond donors (Lipinski definition) is 0. The number of halogens is 1. The lowest BCUT2D eigenvalue weighted by Crippen LogP contribution is -2.52. The molecular formula is C36H41FN4O5S2. The van der Waals surface area contributed by atoms with Crippen LogP contribution in [-0.4, -0.2) is 65.4 Å². The summed E-state index contributed by atoms with van der Waals surface area (Å²) in [5.74, 6) is 1.42. The highest BCUT2D eigenvalue weighted by Gasteiger charge is 2.51. The first-order valence-electron chi connectivity index (χ1n) is 15.8. The van der Waals surface area contributed by atoms with E-state index in [1.54, 1.807) is 43.9 Å². The van der Waals surface area contributed by atoms with Crippen LogP contribution in [0.2, 0.25) is 0 Å². The molecule has 48 heavy (non-hydrogen) atoms. The van der Waals surface area contributed by atoms with E-state index in [0.29, 0.717) is 34.2 Å². The van der Waals surface area contributed by atoms with Gasteiger partial charge >= 0.3 is 0 Å². The predicted octanol–water partition coefficient (Wildman–Crippen LogP) is 6.84. The number of fused-ring (bicyclic) bond motifs is 1. The van der Waals surface area contributed by atoms with E-state index in [1.807, 2.05) is 19.2 Å². The number of hydrogen-bond acceptors (Lipinski definition) is 9. The maximum atomic E-state index is 16.3. The van der Waals surface area contributed by atoms with Crippen molar-refractivity contribution in [3.05, 3.63) is 95.3 Å². The third-order valence-electron chi connectivity index (χ3n) is 9.67. The molecule has 3 heterocycles. The summed E-state index contributed by atoms with van der Waals surface area (Å²) in [4.78, 5) is 8.49. The third-order valence-corrected chi connectivity index (χ3v) is 12.3. The van der Waals surface area contributed by atoms with Crippen LogP contribution in [0.4, 0.5) is 15.2 Å². The summed E-state index contributed by atoms with van der Waals surface area (Å²) in [5, 5.41) is 1.89. The van der Waals surface area contributed by atoms with Crippen molar-refractivity contribution >= 4 is 38.3 Å². The molecule has 2 atom stereocenters. The lowest BCUT2D eigenvalue weighted by Gasteiger charge is -2.43. The van der Waals surface area contributed by atoms with Crippen LogP contribution in [-0.2, 0) is 23.0 Å². The lowest BCUT2D eigenvalue weighted by atomic mass is 9.91. The summed E-state index contributed by atoms with van der Waals surface area (Å²) in [6.07, 6.45) is 6.94. The third kappa shape index (κ3) is 6.24. The molecule has 0 N–H and O–H groups in total. The predicted molar refractivity (Wildman–Crippen MR) is 188 cm³/mol. The van der Waals surface area contributed by atoms with Gasteiger partial charge in [-0.25, -0.2) is 22.1 Å². The highest BCUT2D eigenvalue weighted by Crippen LogP contribution is 2.47. The van der Waals surface area contributed by atoms with Crippen LogP contribution in [0.1, 0.15) is 36.0 Å². The Morgan fingerprint density at radius 3 is 2.50 bits per heavy atom. The van der Waals surface area contributed by atoms with Crippen LogP contribution >= 0.6 is 11.3 Å². The van der Waals surface area contributed by atoms with Gasteiger partial charge in [0.2, 0.25) is 0 Å². The SMILES string of the molecule is C=Cc1cc(S(=O)(=O)N(Cc2ccc(OC)cc2OC)c2nccs2)c(F)cc1N(C)[C@@]12CCCN1C[C@@H](Cc1ccc(OC)cc1)C2. The number of ether oxygens (including phenoxy) is 3. The molecule has 254 valence electrons. The summed E-state index contributed by atoms with van der Waals surface area (Å²) < 4.78 is 62.3. The van der Waals surface area contributed by atoms with E-state index in [0.717, 1.165) is 60.2 Å². The average molecular weight is 693 g/mol. The van der Waals surface area contributed by atoms with Crippen LogP contribution in [0.15, 0.2) is 77.6 Å². The van der Waals surface area contributed by atoms with Crippen molar-refractivity contribution in [3.8, 4) is 17.2 Å². The Bertz CT molecular complexity index is 1870. The van der Waals surface area contributed by atoms with Crippen molar-refractivity contribution in [2.24, 2.45) is 5.92 Å². The topological polar surface area (TPSA) is 84.4 Å². The van der Waals surface area contributed by atoms with Gasteiger partial charge in [0.25, 0.3) is 10.0 Å². The number of anilines is 2. The van der Waals surface area contributed by atoms with Crippen molar-refractivity contribution in [2.75, 3.05) is 50.7 Å². The van der Waals surface area contributed by atoms with Crippen LogP contribution < -0.4 is 23.4 Å². The molecule has 0 aliphatic carbocycles. The van der Waals surface area contributed by atoms with E-state index in [4.69, 9.17) is 14.2 Å². The van der Waals surface area contributed by atoms with Crippen LogP contribution in [0, 0.1) is 11.7 Å². The molecule has 9 nitrogen and oxygen atoms in total. The number of benzene rings is 3. The van der Waals surface area contributed by atoms with Gasteiger partial charge in [-0.05, 0) is 79.1 Å². The van der Waals surface area contributed by atoms with Gasteiger partial charge in [0.05, 0.1) is 33.5 Å². The molecule has 3 aromatic carbocycles. The molecule has 12 heteroatoms. The summed E-state index contributed by atoms with van der Waals surface area (Å²) in [5.41, 5.74) is 2.67. The first-order chi connectivity index (χ1) is 23.1. The van der Waals surface area contributed by atoms with Crippen molar-refractivity contribution in [2.45, 2.75) is 42.8 Å². The Balaban J connectivity index is 1.32. The fourth-order valence-corrected chi connectivity index (χ4v) is 9.63. The van der Waals surface area contributed by atoms with Crippen LogP contribution in [0.25, 0.3) is 6.08 Å². The maximum absolute atomic E-state index is 16.3. The van der Waals surface area contributed by atoms with Gasteiger partial charge in [0, 0.05) is 49.0 Å². The van der Waals surface area contributed by atoms with E-state index in [1.165, 1.54) is 31.0 Å². The van der Waals surface area contributed by atoms with Crippen molar-refractivity contribution < 1.29 is 27.0 Å². The van der Waals surface area contributed by atoms with Crippen molar-refractivity contribution in [3.63, 3.8) is 0 Å². The summed E-state index contributed by atoms with van der Waals surface area (Å²) in [6.45, 7) is 5.77. The minimum absolute atomic E-state index is 0.124. The summed E-state index contributed by atoms with van der Waals surface area (Å²) in [6, 6.07) is 16.1. The monoisotopic (exact) mass is 692 g/mol. The molecule has 0 saturated carbocycles. The Labute approximate surface area is 286 Å². The first kappa shape index (κ1) is 33.8. The quantitative estimate of drug-likeness (QED) is 0.151. The van der Waals surface area contributed by atoms with Crippen LogP contribution in [0.3, 0.4) is 0 Å². The van der Waals surface area contributed by atoms with E-state index < -0.39 is 20.7 Å². The maximum Gasteiger partial charge on any atom is 0.269 e. The average Bonchev–Trinajstić information content (AvgIpc) is 3.84. The zero-order valence-corrected chi connectivity index (χ0v) is 29.3. The number of aromatic nitrogens is 1. The zero-order chi connectivity index (χ0) is 34.1. The molecule has 6 rings (SSSR count). The Hall–Kier alpha value is -4.13. The minimum Gasteiger partial charge on any atom is -0.497 e. The Morgan fingerprint density at radius 2 is 1.83 bits per heavy atom. The van der Waals surface area contributed by atoms with Crippen LogP contribution in [0.5, 0.6) is 17.2 Å². The highest BCUT2D eigenvalue weighted by atomic mass is 32.2. The number of methoxy groups -OCH3 is 3. The second-order valence-electron chi connectivity index (χ2n) is 12.3. The molecule has 2 aliphatic rings. The largest absolute Gasteiger partial charge is 0.497 e. The molecule has 1 aromatic heterocycles. The molecule has 4 aromatic rings. The Morgan fingerprint density at radius 1 is 1.08 bits per heavy atom.